The molecule has 0 bridgehead atoms. The molecule has 0 saturated heterocycles. The minimum atomic E-state index is -0.468. The Bertz CT molecular complexity index is 421. The first kappa shape index (κ1) is 12.9. The minimum absolute atomic E-state index is 0.0855. The van der Waals surface area contributed by atoms with Crippen molar-refractivity contribution in [3.05, 3.63) is 24.0 Å². The van der Waals surface area contributed by atoms with E-state index in [1.54, 1.807) is 6.92 Å². The van der Waals surface area contributed by atoms with Crippen LogP contribution in [0, 0.1) is 0 Å². The molecule has 0 saturated carbocycles. The normalized spacial score (nSPS) is 11.6. The molecule has 1 aromatic rings. The molecule has 7 nitrogen and oxygen atoms in total. The maximum atomic E-state index is 11.8. The van der Waals surface area contributed by atoms with Crippen LogP contribution in [0.5, 0.6) is 0 Å². The van der Waals surface area contributed by atoms with Gasteiger partial charge < -0.3 is 16.5 Å². The predicted octanol–water partition coefficient (Wildman–Crippen LogP) is -0.639. The van der Waals surface area contributed by atoms with Gasteiger partial charge in [0.15, 0.2) is 0 Å². The highest BCUT2D eigenvalue weighted by molar-refractivity contribution is 5.99. The molecule has 0 aliphatic heterocycles. The van der Waals surface area contributed by atoms with Crippen molar-refractivity contribution < 1.29 is 9.59 Å². The van der Waals surface area contributed by atoms with E-state index in [1.165, 1.54) is 18.5 Å². The maximum Gasteiger partial charge on any atom is 0.253 e. The Labute approximate surface area is 98.5 Å². The van der Waals surface area contributed by atoms with E-state index in [0.29, 0.717) is 11.3 Å². The smallest absolute Gasteiger partial charge is 0.253 e. The van der Waals surface area contributed by atoms with Crippen LogP contribution in [0.4, 0.5) is 5.69 Å². The highest BCUT2D eigenvalue weighted by Crippen LogP contribution is 2.11. The van der Waals surface area contributed by atoms with E-state index >= 15 is 0 Å². The number of anilines is 1. The number of nitrogens with one attached hydrogen (secondary N) is 2. The Morgan fingerprint density at radius 2 is 2.24 bits per heavy atom. The summed E-state index contributed by atoms with van der Waals surface area (Å²) in [7, 11) is 0. The summed E-state index contributed by atoms with van der Waals surface area (Å²) in [6, 6.07) is 1.19. The average molecular weight is 237 g/mol. The topological polar surface area (TPSA) is 123 Å². The summed E-state index contributed by atoms with van der Waals surface area (Å²) in [6.07, 6.45) is 3.00. The first-order valence-corrected chi connectivity index (χ1v) is 5.04. The number of aromatic nitrogens is 1. The Hall–Kier alpha value is -2.15. The molecule has 1 aromatic heterocycles. The van der Waals surface area contributed by atoms with E-state index < -0.39 is 5.91 Å². The third-order valence-electron chi connectivity index (χ3n) is 2.11. The number of primary amides is 1. The molecule has 2 amide bonds. The number of rotatable bonds is 5. The minimum Gasteiger partial charge on any atom is -0.370 e. The third-order valence-corrected chi connectivity index (χ3v) is 2.11. The summed E-state index contributed by atoms with van der Waals surface area (Å²) in [5.74, 6) is 4.45. The van der Waals surface area contributed by atoms with Crippen LogP contribution < -0.4 is 22.3 Å². The molecule has 0 aliphatic rings. The van der Waals surface area contributed by atoms with Crippen molar-refractivity contribution in [2.24, 2.45) is 11.6 Å². The Morgan fingerprint density at radius 1 is 1.53 bits per heavy atom. The first-order chi connectivity index (χ1) is 8.04. The van der Waals surface area contributed by atoms with E-state index in [2.05, 4.69) is 15.7 Å². The highest BCUT2D eigenvalue weighted by Gasteiger charge is 2.14. The van der Waals surface area contributed by atoms with Crippen LogP contribution in [-0.2, 0) is 4.79 Å². The monoisotopic (exact) mass is 237 g/mol. The molecule has 1 unspecified atom stereocenters. The summed E-state index contributed by atoms with van der Waals surface area (Å²) in [5.41, 5.74) is 8.18. The number of nitrogens with zero attached hydrogens (tertiary/aromatic N) is 1. The van der Waals surface area contributed by atoms with Gasteiger partial charge in [-0.3, -0.25) is 20.4 Å². The van der Waals surface area contributed by atoms with Gasteiger partial charge in [-0.1, -0.05) is 0 Å². The van der Waals surface area contributed by atoms with Crippen molar-refractivity contribution in [2.45, 2.75) is 19.4 Å². The van der Waals surface area contributed by atoms with Gasteiger partial charge in [0.2, 0.25) is 5.91 Å². The van der Waals surface area contributed by atoms with Crippen LogP contribution in [0.1, 0.15) is 23.7 Å². The molecular formula is C10H15N5O2. The van der Waals surface area contributed by atoms with Gasteiger partial charge in [0.05, 0.1) is 17.4 Å². The molecule has 0 aliphatic carbocycles. The Kier molecular flexibility index (Phi) is 4.41. The van der Waals surface area contributed by atoms with E-state index in [4.69, 9.17) is 11.6 Å². The van der Waals surface area contributed by atoms with Crippen LogP contribution >= 0.6 is 0 Å². The quantitative estimate of drug-likeness (QED) is 0.400. The number of nitrogens with two attached hydrogens (primary N) is 2. The summed E-state index contributed by atoms with van der Waals surface area (Å²) < 4.78 is 0. The summed E-state index contributed by atoms with van der Waals surface area (Å²) in [4.78, 5) is 26.3. The number of carbonyl (C=O) groups excluding carboxylic acids is 2. The van der Waals surface area contributed by atoms with Gasteiger partial charge in [-0.05, 0) is 13.0 Å². The fraction of sp³-hybridized carbons (Fsp3) is 0.300. The fourth-order valence-corrected chi connectivity index (χ4v) is 1.36. The van der Waals surface area contributed by atoms with E-state index in [1.807, 2.05) is 0 Å². The van der Waals surface area contributed by atoms with Gasteiger partial charge in [-0.15, -0.1) is 0 Å². The van der Waals surface area contributed by atoms with E-state index in [-0.39, 0.29) is 18.4 Å². The molecule has 0 fully saturated rings. The summed E-state index contributed by atoms with van der Waals surface area (Å²) in [6.45, 7) is 1.69. The van der Waals surface area contributed by atoms with Crippen molar-refractivity contribution >= 4 is 17.5 Å². The standard InChI is InChI=1S/C10H15N5O2/c1-6(4-9(11)16)14-10(17)7-2-3-13-5-8(7)15-12/h2-3,5-6,15H,4,12H2,1H3,(H2,11,16)(H,14,17). The lowest BCUT2D eigenvalue weighted by Crippen LogP contribution is -2.36. The van der Waals surface area contributed by atoms with Crippen LogP contribution in [0.3, 0.4) is 0 Å². The number of hydrazine groups is 1. The number of amides is 2. The number of hydrogen-bond donors (Lipinski definition) is 4. The van der Waals surface area contributed by atoms with Crippen LogP contribution in [-0.4, -0.2) is 22.8 Å². The van der Waals surface area contributed by atoms with E-state index in [9.17, 15) is 9.59 Å². The first-order valence-electron chi connectivity index (χ1n) is 5.04. The number of pyridine rings is 1. The molecule has 0 spiro atoms. The SMILES string of the molecule is CC(CC(N)=O)NC(=O)c1ccncc1NN. The second-order valence-corrected chi connectivity index (χ2v) is 3.61. The zero-order chi connectivity index (χ0) is 12.8. The second-order valence-electron chi connectivity index (χ2n) is 3.61. The van der Waals surface area contributed by atoms with E-state index in [0.717, 1.165) is 0 Å². The number of hydrogen-bond acceptors (Lipinski definition) is 5. The Balaban J connectivity index is 2.72. The van der Waals surface area contributed by atoms with Crippen molar-refractivity contribution in [1.29, 1.82) is 0 Å². The van der Waals surface area contributed by atoms with Crippen molar-refractivity contribution in [1.82, 2.24) is 10.3 Å². The molecule has 6 N–H and O–H groups in total. The van der Waals surface area contributed by atoms with Crippen LogP contribution in [0.25, 0.3) is 0 Å². The van der Waals surface area contributed by atoms with Gasteiger partial charge in [0.1, 0.15) is 0 Å². The van der Waals surface area contributed by atoms with Gasteiger partial charge in [0.25, 0.3) is 5.91 Å². The van der Waals surface area contributed by atoms with Crippen molar-refractivity contribution in [3.8, 4) is 0 Å². The highest BCUT2D eigenvalue weighted by atomic mass is 16.2. The predicted molar refractivity (Wildman–Crippen MR) is 62.8 cm³/mol. The maximum absolute atomic E-state index is 11.8. The lowest BCUT2D eigenvalue weighted by atomic mass is 10.1. The zero-order valence-corrected chi connectivity index (χ0v) is 9.43. The van der Waals surface area contributed by atoms with Crippen LogP contribution in [0.15, 0.2) is 18.5 Å². The van der Waals surface area contributed by atoms with Gasteiger partial charge in [0, 0.05) is 18.7 Å². The summed E-state index contributed by atoms with van der Waals surface area (Å²) in [5, 5.41) is 2.64. The zero-order valence-electron chi connectivity index (χ0n) is 9.43. The van der Waals surface area contributed by atoms with Gasteiger partial charge in [-0.2, -0.15) is 0 Å². The van der Waals surface area contributed by atoms with Gasteiger partial charge >= 0.3 is 0 Å². The molecule has 17 heavy (non-hydrogen) atoms. The molecule has 0 aromatic carbocycles. The molecule has 92 valence electrons. The Morgan fingerprint density at radius 3 is 2.82 bits per heavy atom. The van der Waals surface area contributed by atoms with Crippen molar-refractivity contribution in [3.63, 3.8) is 0 Å². The molecule has 1 atom stereocenters. The largest absolute Gasteiger partial charge is 0.370 e. The molecule has 1 heterocycles. The lowest BCUT2D eigenvalue weighted by molar-refractivity contribution is -0.118. The third kappa shape index (κ3) is 3.72. The summed E-state index contributed by atoms with van der Waals surface area (Å²) >= 11 is 0. The number of nitrogen functional groups attached to an aromatic ring is 1. The molecule has 0 radical (unpaired) electrons. The molecule has 1 rings (SSSR count). The molecular weight excluding hydrogens is 222 g/mol. The van der Waals surface area contributed by atoms with Crippen molar-refractivity contribution in [2.75, 3.05) is 5.43 Å². The van der Waals surface area contributed by atoms with Gasteiger partial charge in [-0.25, -0.2) is 0 Å². The second kappa shape index (κ2) is 5.80. The number of carbonyl (C=O) groups is 2. The fourth-order valence-electron chi connectivity index (χ4n) is 1.36. The molecule has 7 heteroatoms. The average Bonchev–Trinajstić information content (AvgIpc) is 2.27. The lowest BCUT2D eigenvalue weighted by Gasteiger charge is -2.13. The van der Waals surface area contributed by atoms with Crippen LogP contribution in [0.2, 0.25) is 0 Å².